The van der Waals surface area contributed by atoms with Crippen molar-refractivity contribution in [1.82, 2.24) is 4.90 Å². The number of halogens is 3. The van der Waals surface area contributed by atoms with Gasteiger partial charge in [-0.25, -0.2) is 0 Å². The second-order valence-corrected chi connectivity index (χ2v) is 10.8. The number of benzene rings is 3. The van der Waals surface area contributed by atoms with Crippen LogP contribution in [0.4, 0.5) is 47.3 Å². The minimum Gasteiger partial charge on any atom is -0.396 e. The molecule has 1 aliphatic heterocycles. The van der Waals surface area contributed by atoms with Gasteiger partial charge in [0.15, 0.2) is 0 Å². The van der Waals surface area contributed by atoms with Gasteiger partial charge in [-0.3, -0.25) is 4.79 Å². The highest BCUT2D eigenvalue weighted by Gasteiger charge is 2.32. The van der Waals surface area contributed by atoms with Crippen LogP contribution >= 0.6 is 0 Å². The molecular formula is C31H39F3N6O2. The molecule has 0 spiro atoms. The van der Waals surface area contributed by atoms with Crippen LogP contribution < -0.4 is 26.2 Å². The third-order valence-electron chi connectivity index (χ3n) is 7.23. The van der Waals surface area contributed by atoms with Gasteiger partial charge in [0.05, 0.1) is 35.7 Å². The second-order valence-electron chi connectivity index (χ2n) is 10.8. The van der Waals surface area contributed by atoms with Gasteiger partial charge >= 0.3 is 6.18 Å². The van der Waals surface area contributed by atoms with Crippen molar-refractivity contribution in [1.29, 1.82) is 0 Å². The SMILES string of the molecule is Cc1ccc(Nc2cc(N3CCOCC3)cc(C(F)(F)F)c2)cc1NC(=O)c1cccc(N(C)CCCN(C)C)c1N. The van der Waals surface area contributed by atoms with Crippen LogP contribution in [0.5, 0.6) is 0 Å². The Kier molecular flexibility index (Phi) is 9.85. The van der Waals surface area contributed by atoms with E-state index in [1.54, 1.807) is 36.4 Å². The zero-order chi connectivity index (χ0) is 30.4. The number of nitrogens with one attached hydrogen (secondary N) is 2. The van der Waals surface area contributed by atoms with Crippen LogP contribution in [0.15, 0.2) is 54.6 Å². The first-order valence-electron chi connectivity index (χ1n) is 13.9. The lowest BCUT2D eigenvalue weighted by Crippen LogP contribution is -2.36. The normalized spacial score (nSPS) is 13.8. The van der Waals surface area contributed by atoms with Gasteiger partial charge in [0.2, 0.25) is 0 Å². The van der Waals surface area contributed by atoms with Crippen molar-refractivity contribution < 1.29 is 22.7 Å². The smallest absolute Gasteiger partial charge is 0.396 e. The standard InChI is InChI=1S/C31H39F3N6O2/c1-21-9-10-23(36-24-17-22(31(32,33)34)18-25(19-24)40-13-15-42-16-14-40)20-27(21)37-30(41)26-7-5-8-28(29(26)35)39(4)12-6-11-38(2)3/h5,7-10,17-20,36H,6,11-16,35H2,1-4H3,(H,37,41). The lowest BCUT2D eigenvalue weighted by atomic mass is 10.1. The average molecular weight is 585 g/mol. The summed E-state index contributed by atoms with van der Waals surface area (Å²) in [6.07, 6.45) is -3.56. The van der Waals surface area contributed by atoms with E-state index in [4.69, 9.17) is 10.5 Å². The first-order chi connectivity index (χ1) is 19.9. The van der Waals surface area contributed by atoms with Crippen molar-refractivity contribution in [3.8, 4) is 0 Å². The molecule has 1 amide bonds. The molecule has 8 nitrogen and oxygen atoms in total. The van der Waals surface area contributed by atoms with E-state index in [1.807, 2.05) is 43.9 Å². The van der Waals surface area contributed by atoms with E-state index in [2.05, 4.69) is 15.5 Å². The Hall–Kier alpha value is -3.96. The molecule has 1 heterocycles. The lowest BCUT2D eigenvalue weighted by molar-refractivity contribution is -0.137. The van der Waals surface area contributed by atoms with Gasteiger partial charge in [-0.2, -0.15) is 13.2 Å². The third-order valence-corrected chi connectivity index (χ3v) is 7.23. The topological polar surface area (TPSA) is 86.1 Å². The number of anilines is 6. The number of nitrogens with two attached hydrogens (primary N) is 1. The average Bonchev–Trinajstić information content (AvgIpc) is 2.94. The number of hydrogen-bond donors (Lipinski definition) is 3. The first-order valence-corrected chi connectivity index (χ1v) is 13.9. The van der Waals surface area contributed by atoms with Crippen molar-refractivity contribution in [2.75, 3.05) is 86.7 Å². The fraction of sp³-hybridized carbons (Fsp3) is 0.387. The Morgan fingerprint density at radius 3 is 2.43 bits per heavy atom. The van der Waals surface area contributed by atoms with Crippen molar-refractivity contribution in [3.63, 3.8) is 0 Å². The highest BCUT2D eigenvalue weighted by molar-refractivity contribution is 6.09. The highest BCUT2D eigenvalue weighted by Crippen LogP contribution is 2.36. The van der Waals surface area contributed by atoms with Crippen LogP contribution in [0.2, 0.25) is 0 Å². The number of carbonyl (C=O) groups is 1. The Bertz CT molecular complexity index is 1390. The Morgan fingerprint density at radius 2 is 1.74 bits per heavy atom. The molecule has 11 heteroatoms. The zero-order valence-electron chi connectivity index (χ0n) is 24.5. The summed E-state index contributed by atoms with van der Waals surface area (Å²) in [5.74, 6) is -0.370. The van der Waals surface area contributed by atoms with E-state index in [9.17, 15) is 18.0 Å². The van der Waals surface area contributed by atoms with E-state index < -0.39 is 11.7 Å². The van der Waals surface area contributed by atoms with Crippen molar-refractivity contribution >= 4 is 40.0 Å². The quantitative estimate of drug-likeness (QED) is 0.259. The summed E-state index contributed by atoms with van der Waals surface area (Å²) in [6, 6.07) is 14.6. The molecule has 3 aromatic rings. The Labute approximate surface area is 245 Å². The monoisotopic (exact) mass is 584 g/mol. The highest BCUT2D eigenvalue weighted by atomic mass is 19.4. The third kappa shape index (κ3) is 7.86. The van der Waals surface area contributed by atoms with Crippen molar-refractivity contribution in [2.24, 2.45) is 0 Å². The Balaban J connectivity index is 1.54. The maximum Gasteiger partial charge on any atom is 0.416 e. The number of aryl methyl sites for hydroxylation is 1. The zero-order valence-corrected chi connectivity index (χ0v) is 24.5. The Morgan fingerprint density at radius 1 is 1.00 bits per heavy atom. The molecule has 1 fully saturated rings. The fourth-order valence-electron chi connectivity index (χ4n) is 4.87. The molecule has 0 bridgehead atoms. The molecule has 42 heavy (non-hydrogen) atoms. The van der Waals surface area contributed by atoms with Crippen LogP contribution in [0, 0.1) is 6.92 Å². The summed E-state index contributed by atoms with van der Waals surface area (Å²) in [7, 11) is 5.99. The van der Waals surface area contributed by atoms with Gasteiger partial charge in [0, 0.05) is 49.4 Å². The summed E-state index contributed by atoms with van der Waals surface area (Å²) >= 11 is 0. The van der Waals surface area contributed by atoms with Crippen LogP contribution in [0.25, 0.3) is 0 Å². The molecule has 0 saturated carbocycles. The van der Waals surface area contributed by atoms with Gasteiger partial charge < -0.3 is 35.8 Å². The van der Waals surface area contributed by atoms with Crippen molar-refractivity contribution in [3.05, 3.63) is 71.3 Å². The molecule has 1 saturated heterocycles. The second kappa shape index (κ2) is 13.3. The maximum atomic E-state index is 13.7. The predicted octanol–water partition coefficient (Wildman–Crippen LogP) is 5.82. The number of hydrogen-bond acceptors (Lipinski definition) is 7. The number of nitrogen functional groups attached to an aromatic ring is 1. The van der Waals surface area contributed by atoms with Crippen molar-refractivity contribution in [2.45, 2.75) is 19.5 Å². The number of alkyl halides is 3. The molecule has 4 rings (SSSR count). The number of nitrogens with zero attached hydrogens (tertiary/aromatic N) is 3. The van der Waals surface area contributed by atoms with Gasteiger partial charge in [-0.1, -0.05) is 12.1 Å². The molecule has 0 unspecified atom stereocenters. The van der Waals surface area contributed by atoms with E-state index >= 15 is 0 Å². The van der Waals surface area contributed by atoms with Crippen LogP contribution in [-0.4, -0.2) is 71.3 Å². The molecule has 3 aromatic carbocycles. The molecule has 1 aliphatic rings. The van der Waals surface area contributed by atoms with Gasteiger partial charge in [-0.05, 0) is 82.0 Å². The predicted molar refractivity (Wildman–Crippen MR) is 164 cm³/mol. The van der Waals surface area contributed by atoms with E-state index in [0.29, 0.717) is 60.3 Å². The summed E-state index contributed by atoms with van der Waals surface area (Å²) < 4.78 is 46.6. The largest absolute Gasteiger partial charge is 0.416 e. The molecule has 0 atom stereocenters. The number of morpholine rings is 1. The minimum atomic E-state index is -4.50. The fourth-order valence-corrected chi connectivity index (χ4v) is 4.87. The number of para-hydroxylation sites is 1. The maximum absolute atomic E-state index is 13.7. The van der Waals surface area contributed by atoms with Crippen LogP contribution in [0.3, 0.4) is 0 Å². The summed E-state index contributed by atoms with van der Waals surface area (Å²) in [4.78, 5) is 19.4. The molecule has 0 aliphatic carbocycles. The van der Waals surface area contributed by atoms with Crippen LogP contribution in [-0.2, 0) is 10.9 Å². The van der Waals surface area contributed by atoms with E-state index in [1.165, 1.54) is 0 Å². The minimum absolute atomic E-state index is 0.293. The summed E-state index contributed by atoms with van der Waals surface area (Å²) in [5.41, 5.74) is 9.81. The molecule has 0 aromatic heterocycles. The number of carbonyl (C=O) groups excluding carboxylic acids is 1. The molecule has 0 radical (unpaired) electrons. The van der Waals surface area contributed by atoms with E-state index in [0.717, 1.165) is 42.9 Å². The lowest BCUT2D eigenvalue weighted by Gasteiger charge is -2.30. The summed E-state index contributed by atoms with van der Waals surface area (Å²) in [5, 5.41) is 6.03. The van der Waals surface area contributed by atoms with Gasteiger partial charge in [0.1, 0.15) is 0 Å². The first kappa shape index (κ1) is 31.0. The number of ether oxygens (including phenoxy) is 1. The van der Waals surface area contributed by atoms with Crippen LogP contribution in [0.1, 0.15) is 27.9 Å². The van der Waals surface area contributed by atoms with Gasteiger partial charge in [0.25, 0.3) is 5.91 Å². The number of amides is 1. The molecule has 4 N–H and O–H groups in total. The molecular weight excluding hydrogens is 545 g/mol. The molecule has 226 valence electrons. The van der Waals surface area contributed by atoms with Gasteiger partial charge in [-0.15, -0.1) is 0 Å². The summed E-state index contributed by atoms with van der Waals surface area (Å²) in [6.45, 7) is 5.50. The number of rotatable bonds is 10. The van der Waals surface area contributed by atoms with E-state index in [-0.39, 0.29) is 5.91 Å².